The number of nitrogens with one attached hydrogen (secondary N) is 2. The molecule has 2 atom stereocenters. The van der Waals surface area contributed by atoms with Crippen LogP contribution in [0, 0.1) is 0 Å². The van der Waals surface area contributed by atoms with Gasteiger partial charge in [0.25, 0.3) is 0 Å². The molecule has 1 aromatic carbocycles. The topological polar surface area (TPSA) is 89.6 Å². The monoisotopic (exact) mass is 314 g/mol. The lowest BCUT2D eigenvalue weighted by Crippen LogP contribution is -2.41. The molecule has 0 radical (unpaired) electrons. The van der Waals surface area contributed by atoms with Crippen molar-refractivity contribution in [2.45, 2.75) is 19.1 Å². The van der Waals surface area contributed by atoms with Crippen LogP contribution in [-0.4, -0.2) is 40.9 Å². The van der Waals surface area contributed by atoms with Crippen molar-refractivity contribution in [2.75, 3.05) is 7.05 Å². The number of guanidine groups is 1. The molecule has 0 saturated carbocycles. The standard InChI is InChI=1S/C13H14N8S/c1-7-10(11-17-18-12(14-2)21(11)20-7)16-19-13-15-8-5-3-4-6-9(8)22-13/h3-6,10-11,17H,1-2H3,(H,14,18). The average Bonchev–Trinajstić information content (AvgIpc) is 3.18. The number of benzene rings is 1. The molecule has 9 heteroatoms. The zero-order valence-electron chi connectivity index (χ0n) is 12.1. The van der Waals surface area contributed by atoms with E-state index >= 15 is 0 Å². The highest BCUT2D eigenvalue weighted by Gasteiger charge is 2.42. The number of fused-ring (bicyclic) bond motifs is 2. The summed E-state index contributed by atoms with van der Waals surface area (Å²) < 4.78 is 1.11. The summed E-state index contributed by atoms with van der Waals surface area (Å²) in [7, 11) is 1.72. The minimum absolute atomic E-state index is 0.100. The Morgan fingerprint density at radius 1 is 1.32 bits per heavy atom. The number of azo groups is 1. The van der Waals surface area contributed by atoms with Gasteiger partial charge in [-0.15, -0.1) is 5.11 Å². The van der Waals surface area contributed by atoms with E-state index in [2.05, 4.69) is 36.2 Å². The van der Waals surface area contributed by atoms with Gasteiger partial charge in [0.15, 0.2) is 6.17 Å². The van der Waals surface area contributed by atoms with Crippen molar-refractivity contribution in [2.24, 2.45) is 20.3 Å². The van der Waals surface area contributed by atoms with Crippen LogP contribution >= 0.6 is 11.3 Å². The molecule has 2 aromatic rings. The van der Waals surface area contributed by atoms with Crippen LogP contribution in [0.2, 0.25) is 0 Å². The molecule has 4 rings (SSSR count). The van der Waals surface area contributed by atoms with Gasteiger partial charge in [-0.3, -0.25) is 10.4 Å². The highest BCUT2D eigenvalue weighted by molar-refractivity contribution is 7.21. The maximum absolute atomic E-state index is 4.46. The number of hydrogen-bond acceptors (Lipinski definition) is 7. The minimum Gasteiger partial charge on any atom is -0.288 e. The first-order valence-electron chi connectivity index (χ1n) is 6.85. The Kier molecular flexibility index (Phi) is 3.09. The molecule has 112 valence electrons. The fourth-order valence-corrected chi connectivity index (χ4v) is 3.28. The number of aromatic nitrogens is 1. The molecule has 1 fully saturated rings. The van der Waals surface area contributed by atoms with E-state index in [0.717, 1.165) is 15.9 Å². The fourth-order valence-electron chi connectivity index (χ4n) is 2.49. The summed E-state index contributed by atoms with van der Waals surface area (Å²) >= 11 is 1.53. The van der Waals surface area contributed by atoms with Crippen LogP contribution in [0.5, 0.6) is 0 Å². The van der Waals surface area contributed by atoms with Crippen molar-refractivity contribution in [1.29, 1.82) is 0 Å². The molecule has 2 aliphatic rings. The molecule has 3 heterocycles. The maximum Gasteiger partial charge on any atom is 0.230 e. The second kappa shape index (κ2) is 5.11. The Labute approximate surface area is 130 Å². The maximum atomic E-state index is 4.46. The highest BCUT2D eigenvalue weighted by Crippen LogP contribution is 2.29. The Bertz CT molecular complexity index is 774. The Hall–Kier alpha value is -2.39. The number of aliphatic imine (C=N–C) groups is 1. The van der Waals surface area contributed by atoms with Crippen molar-refractivity contribution in [1.82, 2.24) is 20.8 Å². The summed E-state index contributed by atoms with van der Waals surface area (Å²) in [5.41, 5.74) is 7.94. The van der Waals surface area contributed by atoms with Gasteiger partial charge >= 0.3 is 0 Å². The SMILES string of the molecule is CN=C1NNC2C(N=Nc3nc4ccccc4s3)C(C)=NN12. The van der Waals surface area contributed by atoms with E-state index in [0.29, 0.717) is 11.1 Å². The number of hydrazone groups is 1. The van der Waals surface area contributed by atoms with Gasteiger partial charge < -0.3 is 0 Å². The van der Waals surface area contributed by atoms with Crippen LogP contribution in [0.4, 0.5) is 5.13 Å². The number of para-hydroxylation sites is 1. The van der Waals surface area contributed by atoms with Gasteiger partial charge in [-0.05, 0) is 19.1 Å². The molecular weight excluding hydrogens is 300 g/mol. The second-order valence-corrected chi connectivity index (χ2v) is 5.98. The van der Waals surface area contributed by atoms with Crippen LogP contribution in [0.1, 0.15) is 6.92 Å². The number of hydrogen-bond donors (Lipinski definition) is 2. The molecule has 8 nitrogen and oxygen atoms in total. The van der Waals surface area contributed by atoms with Crippen molar-refractivity contribution >= 4 is 38.4 Å². The molecule has 22 heavy (non-hydrogen) atoms. The number of rotatable bonds is 2. The van der Waals surface area contributed by atoms with Crippen molar-refractivity contribution in [3.63, 3.8) is 0 Å². The van der Waals surface area contributed by atoms with Crippen LogP contribution < -0.4 is 10.9 Å². The van der Waals surface area contributed by atoms with Gasteiger partial charge in [0.05, 0.1) is 15.9 Å². The van der Waals surface area contributed by atoms with Gasteiger partial charge in [-0.25, -0.2) is 15.4 Å². The lowest BCUT2D eigenvalue weighted by Gasteiger charge is -2.13. The zero-order valence-corrected chi connectivity index (χ0v) is 12.9. The molecule has 2 N–H and O–H groups in total. The lowest BCUT2D eigenvalue weighted by molar-refractivity contribution is 0.331. The van der Waals surface area contributed by atoms with Crippen LogP contribution in [0.15, 0.2) is 44.6 Å². The first-order valence-corrected chi connectivity index (χ1v) is 7.67. The Morgan fingerprint density at radius 3 is 3.00 bits per heavy atom. The first kappa shape index (κ1) is 13.3. The van der Waals surface area contributed by atoms with Crippen LogP contribution in [0.3, 0.4) is 0 Å². The molecular formula is C13H14N8S. The Balaban J connectivity index is 1.59. The largest absolute Gasteiger partial charge is 0.288 e. The summed E-state index contributed by atoms with van der Waals surface area (Å²) in [5, 5.41) is 15.6. The quantitative estimate of drug-likeness (QED) is 0.828. The second-order valence-electron chi connectivity index (χ2n) is 4.97. The van der Waals surface area contributed by atoms with E-state index in [1.54, 1.807) is 12.1 Å². The van der Waals surface area contributed by atoms with Gasteiger partial charge in [-0.2, -0.15) is 10.2 Å². The third-order valence-corrected chi connectivity index (χ3v) is 4.49. The third kappa shape index (κ3) is 2.06. The summed E-state index contributed by atoms with van der Waals surface area (Å²) in [6, 6.07) is 7.80. The predicted octanol–water partition coefficient (Wildman–Crippen LogP) is 1.86. The smallest absolute Gasteiger partial charge is 0.230 e. The summed E-state index contributed by atoms with van der Waals surface area (Å²) in [4.78, 5) is 8.59. The molecule has 2 aliphatic heterocycles. The van der Waals surface area contributed by atoms with Gasteiger partial charge in [-0.1, -0.05) is 23.5 Å². The van der Waals surface area contributed by atoms with Gasteiger partial charge in [0.1, 0.15) is 6.04 Å². The van der Waals surface area contributed by atoms with E-state index in [9.17, 15) is 0 Å². The summed E-state index contributed by atoms with van der Waals surface area (Å²) in [5.74, 6) is 0.682. The normalized spacial score (nSPS) is 26.0. The molecule has 0 amide bonds. The van der Waals surface area contributed by atoms with Gasteiger partial charge in [0, 0.05) is 7.05 Å². The third-order valence-electron chi connectivity index (χ3n) is 3.57. The van der Waals surface area contributed by atoms with Crippen molar-refractivity contribution < 1.29 is 0 Å². The lowest BCUT2D eigenvalue weighted by atomic mass is 10.2. The van der Waals surface area contributed by atoms with Crippen molar-refractivity contribution in [3.05, 3.63) is 24.3 Å². The zero-order chi connectivity index (χ0) is 15.1. The van der Waals surface area contributed by atoms with Gasteiger partial charge in [0.2, 0.25) is 11.1 Å². The van der Waals surface area contributed by atoms with E-state index in [-0.39, 0.29) is 12.2 Å². The molecule has 1 aromatic heterocycles. The molecule has 0 aliphatic carbocycles. The van der Waals surface area contributed by atoms with E-state index in [4.69, 9.17) is 0 Å². The number of thiazole rings is 1. The summed E-state index contributed by atoms with van der Waals surface area (Å²) in [6.07, 6.45) is -0.100. The fraction of sp³-hybridized carbons (Fsp3) is 0.308. The molecule has 1 saturated heterocycles. The van der Waals surface area contributed by atoms with E-state index in [1.807, 2.05) is 31.2 Å². The number of nitrogens with zero attached hydrogens (tertiary/aromatic N) is 6. The molecule has 0 bridgehead atoms. The first-order chi connectivity index (χ1) is 10.8. The molecule has 2 unspecified atom stereocenters. The minimum atomic E-state index is -0.168. The Morgan fingerprint density at radius 2 is 2.18 bits per heavy atom. The van der Waals surface area contributed by atoms with E-state index < -0.39 is 0 Å². The highest BCUT2D eigenvalue weighted by atomic mass is 32.1. The van der Waals surface area contributed by atoms with E-state index in [1.165, 1.54) is 11.3 Å². The number of hydrazine groups is 1. The average molecular weight is 314 g/mol. The predicted molar refractivity (Wildman–Crippen MR) is 86.3 cm³/mol. The molecule has 0 spiro atoms. The van der Waals surface area contributed by atoms with Crippen LogP contribution in [-0.2, 0) is 0 Å². The van der Waals surface area contributed by atoms with Crippen molar-refractivity contribution in [3.8, 4) is 0 Å². The van der Waals surface area contributed by atoms with Crippen LogP contribution in [0.25, 0.3) is 10.2 Å². The summed E-state index contributed by atoms with van der Waals surface area (Å²) in [6.45, 7) is 1.94.